The van der Waals surface area contributed by atoms with Crippen LogP contribution in [0.3, 0.4) is 0 Å². The van der Waals surface area contributed by atoms with Gasteiger partial charge in [-0.05, 0) is 50.9 Å². The van der Waals surface area contributed by atoms with Crippen LogP contribution in [0.15, 0.2) is 0 Å². The van der Waals surface area contributed by atoms with Gasteiger partial charge < -0.3 is 9.64 Å². The average Bonchev–Trinajstić information content (AvgIpc) is 2.67. The lowest BCUT2D eigenvalue weighted by Crippen LogP contribution is -2.38. The molecule has 0 spiro atoms. The lowest BCUT2D eigenvalue weighted by molar-refractivity contribution is 0.0237. The van der Waals surface area contributed by atoms with Gasteiger partial charge in [-0.15, -0.1) is 0 Å². The first-order valence-corrected chi connectivity index (χ1v) is 7.20. The van der Waals surface area contributed by atoms with Gasteiger partial charge in [-0.25, -0.2) is 4.79 Å². The lowest BCUT2D eigenvalue weighted by atomic mass is 9.93. The summed E-state index contributed by atoms with van der Waals surface area (Å²) in [7, 11) is 0. The Morgan fingerprint density at radius 2 is 2.00 bits per heavy atom. The molecular weight excluding hydrogens is 226 g/mol. The van der Waals surface area contributed by atoms with Crippen LogP contribution in [0.5, 0.6) is 0 Å². The standard InChI is InChI=1S/C15H27NO2/c1-9(2)7-11-8-16(13-10(3)12(11)13)14(17)18-15(4,5)6/h9-13H,7-8H2,1-6H3. The van der Waals surface area contributed by atoms with Crippen LogP contribution in [0, 0.1) is 23.7 Å². The summed E-state index contributed by atoms with van der Waals surface area (Å²) in [6, 6.07) is 0.448. The summed E-state index contributed by atoms with van der Waals surface area (Å²) in [5.74, 6) is 2.77. The highest BCUT2D eigenvalue weighted by molar-refractivity contribution is 5.70. The highest BCUT2D eigenvalue weighted by Gasteiger charge is 2.61. The van der Waals surface area contributed by atoms with Crippen LogP contribution in [0.25, 0.3) is 0 Å². The van der Waals surface area contributed by atoms with Gasteiger partial charge in [0.2, 0.25) is 0 Å². The van der Waals surface area contributed by atoms with E-state index in [-0.39, 0.29) is 11.7 Å². The van der Waals surface area contributed by atoms with Crippen LogP contribution in [0.1, 0.15) is 48.0 Å². The zero-order chi connectivity index (χ0) is 13.7. The molecule has 0 bridgehead atoms. The summed E-state index contributed by atoms with van der Waals surface area (Å²) in [4.78, 5) is 14.2. The van der Waals surface area contributed by atoms with Gasteiger partial charge in [-0.2, -0.15) is 0 Å². The number of nitrogens with zero attached hydrogens (tertiary/aromatic N) is 1. The molecule has 4 unspecified atom stereocenters. The number of carbonyl (C=O) groups is 1. The molecule has 1 saturated carbocycles. The Bertz CT molecular complexity index is 332. The third-order valence-electron chi connectivity index (χ3n) is 4.14. The molecule has 4 atom stereocenters. The lowest BCUT2D eigenvalue weighted by Gasteiger charge is -2.27. The van der Waals surface area contributed by atoms with Crippen molar-refractivity contribution >= 4 is 6.09 Å². The molecule has 3 nitrogen and oxygen atoms in total. The Labute approximate surface area is 111 Å². The minimum absolute atomic E-state index is 0.117. The molecule has 1 aliphatic heterocycles. The van der Waals surface area contributed by atoms with Crippen molar-refractivity contribution in [1.82, 2.24) is 4.90 Å². The van der Waals surface area contributed by atoms with Gasteiger partial charge in [-0.1, -0.05) is 20.8 Å². The molecule has 18 heavy (non-hydrogen) atoms. The maximum atomic E-state index is 12.2. The van der Waals surface area contributed by atoms with Gasteiger partial charge in [0.15, 0.2) is 0 Å². The first-order chi connectivity index (χ1) is 8.20. The predicted molar refractivity (Wildman–Crippen MR) is 72.3 cm³/mol. The minimum Gasteiger partial charge on any atom is -0.444 e. The summed E-state index contributed by atoms with van der Waals surface area (Å²) >= 11 is 0. The number of carbonyl (C=O) groups excluding carboxylic acids is 1. The highest BCUT2D eigenvalue weighted by atomic mass is 16.6. The van der Waals surface area contributed by atoms with Crippen LogP contribution in [0.2, 0.25) is 0 Å². The van der Waals surface area contributed by atoms with E-state index in [1.54, 1.807) is 0 Å². The number of hydrogen-bond acceptors (Lipinski definition) is 2. The number of piperidine rings is 1. The fourth-order valence-corrected chi connectivity index (χ4v) is 3.52. The zero-order valence-electron chi connectivity index (χ0n) is 12.6. The predicted octanol–water partition coefficient (Wildman–Crippen LogP) is 3.53. The van der Waals surface area contributed by atoms with Crippen molar-refractivity contribution in [2.24, 2.45) is 23.7 Å². The van der Waals surface area contributed by atoms with Crippen molar-refractivity contribution in [3.05, 3.63) is 0 Å². The first kappa shape index (κ1) is 13.7. The topological polar surface area (TPSA) is 29.5 Å². The van der Waals surface area contributed by atoms with E-state index >= 15 is 0 Å². The molecule has 0 radical (unpaired) electrons. The van der Waals surface area contributed by atoms with E-state index < -0.39 is 0 Å². The molecule has 2 fully saturated rings. The molecule has 0 aromatic rings. The van der Waals surface area contributed by atoms with Gasteiger partial charge in [0.1, 0.15) is 5.60 Å². The fraction of sp³-hybridized carbons (Fsp3) is 0.933. The number of ether oxygens (including phenoxy) is 1. The van der Waals surface area contributed by atoms with Crippen LogP contribution < -0.4 is 0 Å². The second kappa shape index (κ2) is 4.43. The summed E-state index contributed by atoms with van der Waals surface area (Å²) < 4.78 is 5.51. The molecule has 2 aliphatic rings. The summed E-state index contributed by atoms with van der Waals surface area (Å²) in [5, 5.41) is 0. The molecular formula is C15H27NO2. The quantitative estimate of drug-likeness (QED) is 0.753. The van der Waals surface area contributed by atoms with Crippen molar-refractivity contribution in [2.45, 2.75) is 59.6 Å². The fourth-order valence-electron chi connectivity index (χ4n) is 3.52. The van der Waals surface area contributed by atoms with Gasteiger partial charge >= 0.3 is 6.09 Å². The van der Waals surface area contributed by atoms with Crippen LogP contribution in [0.4, 0.5) is 4.79 Å². The van der Waals surface area contributed by atoms with Crippen LogP contribution in [-0.2, 0) is 4.74 Å². The van der Waals surface area contributed by atoms with Crippen molar-refractivity contribution in [1.29, 1.82) is 0 Å². The average molecular weight is 253 g/mol. The van der Waals surface area contributed by atoms with Crippen molar-refractivity contribution < 1.29 is 9.53 Å². The maximum Gasteiger partial charge on any atom is 0.410 e. The largest absolute Gasteiger partial charge is 0.444 e. The van der Waals surface area contributed by atoms with Gasteiger partial charge in [0.25, 0.3) is 0 Å². The van der Waals surface area contributed by atoms with E-state index in [2.05, 4.69) is 20.8 Å². The Morgan fingerprint density at radius 3 is 2.50 bits per heavy atom. The van der Waals surface area contributed by atoms with Crippen molar-refractivity contribution in [2.75, 3.05) is 6.54 Å². The highest BCUT2D eigenvalue weighted by Crippen LogP contribution is 2.55. The first-order valence-electron chi connectivity index (χ1n) is 7.20. The minimum atomic E-state index is -0.388. The molecule has 3 heteroatoms. The molecule has 2 rings (SSSR count). The summed E-state index contributed by atoms with van der Waals surface area (Å²) in [6.07, 6.45) is 1.11. The molecule has 104 valence electrons. The van der Waals surface area contributed by atoms with Crippen LogP contribution in [-0.4, -0.2) is 29.2 Å². The third-order valence-corrected chi connectivity index (χ3v) is 4.14. The van der Waals surface area contributed by atoms with E-state index in [0.717, 1.165) is 12.5 Å². The normalized spacial score (nSPS) is 34.7. The van der Waals surface area contributed by atoms with E-state index in [1.807, 2.05) is 25.7 Å². The van der Waals surface area contributed by atoms with Crippen LogP contribution >= 0.6 is 0 Å². The van der Waals surface area contributed by atoms with Gasteiger partial charge in [0, 0.05) is 12.6 Å². The Kier molecular flexibility index (Phi) is 3.37. The van der Waals surface area contributed by atoms with E-state index in [1.165, 1.54) is 6.42 Å². The molecule has 0 aromatic carbocycles. The zero-order valence-corrected chi connectivity index (χ0v) is 12.6. The van der Waals surface area contributed by atoms with Gasteiger partial charge in [-0.3, -0.25) is 0 Å². The SMILES string of the molecule is CC(C)CC1CN(C(=O)OC(C)(C)C)C2C(C)C12. The molecule has 1 amide bonds. The summed E-state index contributed by atoms with van der Waals surface area (Å²) in [6.45, 7) is 13.5. The molecule has 0 aromatic heterocycles. The third kappa shape index (κ3) is 2.65. The maximum absolute atomic E-state index is 12.2. The van der Waals surface area contributed by atoms with E-state index in [4.69, 9.17) is 4.74 Å². The Hall–Kier alpha value is -0.730. The van der Waals surface area contributed by atoms with Crippen molar-refractivity contribution in [3.8, 4) is 0 Å². The van der Waals surface area contributed by atoms with Gasteiger partial charge in [0.05, 0.1) is 0 Å². The number of rotatable bonds is 2. The number of likely N-dealkylation sites (tertiary alicyclic amines) is 1. The summed E-state index contributed by atoms with van der Waals surface area (Å²) in [5.41, 5.74) is -0.388. The molecule has 1 saturated heterocycles. The molecule has 1 heterocycles. The number of amides is 1. The monoisotopic (exact) mass is 253 g/mol. The smallest absolute Gasteiger partial charge is 0.410 e. The number of fused-ring (bicyclic) bond motifs is 1. The van der Waals surface area contributed by atoms with E-state index in [9.17, 15) is 4.79 Å². The second-order valence-electron chi connectivity index (χ2n) is 7.45. The second-order valence-corrected chi connectivity index (χ2v) is 7.45. The van der Waals surface area contributed by atoms with E-state index in [0.29, 0.717) is 23.8 Å². The van der Waals surface area contributed by atoms with Crippen molar-refractivity contribution in [3.63, 3.8) is 0 Å². The Morgan fingerprint density at radius 1 is 1.39 bits per heavy atom. The number of hydrogen-bond donors (Lipinski definition) is 0. The molecule has 0 N–H and O–H groups in total. The Balaban J connectivity index is 1.98. The molecule has 1 aliphatic carbocycles.